The first-order valence-corrected chi connectivity index (χ1v) is 6.12. The van der Waals surface area contributed by atoms with Crippen LogP contribution in [0.25, 0.3) is 11.0 Å². The zero-order valence-corrected chi connectivity index (χ0v) is 11.6. The highest BCUT2D eigenvalue weighted by Gasteiger charge is 2.25. The normalized spacial score (nSPS) is 11.8. The van der Waals surface area contributed by atoms with Crippen LogP contribution in [0.4, 0.5) is 11.8 Å². The standard InChI is InChI=1S/C12H20N6/c1-6-12(2,3)18(5)10-8-7-14-17-9(8)15-11(13-4)16-10/h7H,6H2,1-5H3,(H2,13,14,15,16,17). The van der Waals surface area contributed by atoms with Crippen LogP contribution in [-0.4, -0.2) is 39.8 Å². The number of anilines is 2. The molecule has 0 spiro atoms. The molecule has 2 rings (SSSR count). The van der Waals surface area contributed by atoms with Crippen LogP contribution in [-0.2, 0) is 0 Å². The number of hydrogen-bond acceptors (Lipinski definition) is 5. The Morgan fingerprint density at radius 2 is 2.11 bits per heavy atom. The average Bonchev–Trinajstić information content (AvgIpc) is 2.84. The van der Waals surface area contributed by atoms with Crippen molar-refractivity contribution in [2.75, 3.05) is 24.3 Å². The van der Waals surface area contributed by atoms with E-state index in [1.54, 1.807) is 6.20 Å². The zero-order chi connectivity index (χ0) is 13.3. The van der Waals surface area contributed by atoms with Gasteiger partial charge in [0.25, 0.3) is 0 Å². The highest BCUT2D eigenvalue weighted by molar-refractivity contribution is 5.87. The summed E-state index contributed by atoms with van der Waals surface area (Å²) in [4.78, 5) is 11.1. The average molecular weight is 248 g/mol. The number of rotatable bonds is 4. The zero-order valence-electron chi connectivity index (χ0n) is 11.6. The summed E-state index contributed by atoms with van der Waals surface area (Å²) in [5.74, 6) is 1.49. The fourth-order valence-electron chi connectivity index (χ4n) is 1.71. The van der Waals surface area contributed by atoms with Gasteiger partial charge in [0.05, 0.1) is 11.6 Å². The molecular weight excluding hydrogens is 228 g/mol. The van der Waals surface area contributed by atoms with E-state index in [-0.39, 0.29) is 5.54 Å². The number of hydrogen-bond donors (Lipinski definition) is 2. The summed E-state index contributed by atoms with van der Waals surface area (Å²) in [6.45, 7) is 6.56. The second kappa shape index (κ2) is 4.44. The Kier molecular flexibility index (Phi) is 3.11. The maximum absolute atomic E-state index is 4.55. The van der Waals surface area contributed by atoms with Crippen molar-refractivity contribution in [3.8, 4) is 0 Å². The van der Waals surface area contributed by atoms with Crippen LogP contribution < -0.4 is 10.2 Å². The molecule has 0 fully saturated rings. The lowest BCUT2D eigenvalue weighted by molar-refractivity contribution is 0.468. The monoisotopic (exact) mass is 248 g/mol. The predicted octanol–water partition coefficient (Wildman–Crippen LogP) is 2.02. The third-order valence-corrected chi connectivity index (χ3v) is 3.60. The molecule has 6 nitrogen and oxygen atoms in total. The van der Waals surface area contributed by atoms with Crippen molar-refractivity contribution in [1.29, 1.82) is 0 Å². The van der Waals surface area contributed by atoms with Crippen LogP contribution in [0.5, 0.6) is 0 Å². The molecule has 0 aromatic carbocycles. The Morgan fingerprint density at radius 3 is 2.72 bits per heavy atom. The van der Waals surface area contributed by atoms with Gasteiger partial charge >= 0.3 is 0 Å². The molecule has 0 bridgehead atoms. The Hall–Kier alpha value is -1.85. The van der Waals surface area contributed by atoms with Gasteiger partial charge in [-0.1, -0.05) is 6.92 Å². The van der Waals surface area contributed by atoms with Crippen molar-refractivity contribution in [3.63, 3.8) is 0 Å². The van der Waals surface area contributed by atoms with Crippen molar-refractivity contribution in [3.05, 3.63) is 6.20 Å². The lowest BCUT2D eigenvalue weighted by Crippen LogP contribution is -2.41. The lowest BCUT2D eigenvalue weighted by Gasteiger charge is -2.36. The third kappa shape index (κ3) is 1.98. The summed E-state index contributed by atoms with van der Waals surface area (Å²) in [6, 6.07) is 0. The van der Waals surface area contributed by atoms with Gasteiger partial charge in [-0.25, -0.2) is 0 Å². The number of aromatic amines is 1. The highest BCUT2D eigenvalue weighted by atomic mass is 15.3. The van der Waals surface area contributed by atoms with Crippen LogP contribution in [0.15, 0.2) is 6.20 Å². The molecule has 98 valence electrons. The quantitative estimate of drug-likeness (QED) is 0.866. The topological polar surface area (TPSA) is 69.7 Å². The van der Waals surface area contributed by atoms with Gasteiger partial charge in [-0.3, -0.25) is 5.10 Å². The molecule has 0 saturated carbocycles. The molecule has 0 radical (unpaired) electrons. The van der Waals surface area contributed by atoms with E-state index in [0.29, 0.717) is 5.95 Å². The Morgan fingerprint density at radius 1 is 1.39 bits per heavy atom. The van der Waals surface area contributed by atoms with Gasteiger partial charge in [-0.2, -0.15) is 15.1 Å². The molecular formula is C12H20N6. The van der Waals surface area contributed by atoms with E-state index in [0.717, 1.165) is 23.3 Å². The minimum atomic E-state index is 0.0313. The first-order chi connectivity index (χ1) is 8.49. The van der Waals surface area contributed by atoms with Crippen LogP contribution in [0.1, 0.15) is 27.2 Å². The van der Waals surface area contributed by atoms with Crippen LogP contribution >= 0.6 is 0 Å². The first-order valence-electron chi connectivity index (χ1n) is 6.12. The highest BCUT2D eigenvalue weighted by Crippen LogP contribution is 2.29. The summed E-state index contributed by atoms with van der Waals surface area (Å²) >= 11 is 0. The van der Waals surface area contributed by atoms with Gasteiger partial charge in [-0.05, 0) is 20.3 Å². The summed E-state index contributed by atoms with van der Waals surface area (Å²) in [7, 11) is 3.87. The smallest absolute Gasteiger partial charge is 0.226 e. The van der Waals surface area contributed by atoms with Crippen LogP contribution in [0.3, 0.4) is 0 Å². The van der Waals surface area contributed by atoms with Gasteiger partial charge in [-0.15, -0.1) is 0 Å². The molecule has 0 amide bonds. The van der Waals surface area contributed by atoms with E-state index in [9.17, 15) is 0 Å². The summed E-state index contributed by atoms with van der Waals surface area (Å²) in [6.07, 6.45) is 2.80. The fourth-order valence-corrected chi connectivity index (χ4v) is 1.71. The molecule has 0 aliphatic heterocycles. The molecule has 2 heterocycles. The predicted molar refractivity (Wildman–Crippen MR) is 74.0 cm³/mol. The Balaban J connectivity index is 2.58. The van der Waals surface area contributed by atoms with Crippen LogP contribution in [0.2, 0.25) is 0 Å². The molecule has 2 N–H and O–H groups in total. The Bertz CT molecular complexity index is 544. The summed E-state index contributed by atoms with van der Waals surface area (Å²) in [5, 5.41) is 10.9. The summed E-state index contributed by atoms with van der Waals surface area (Å²) < 4.78 is 0. The largest absolute Gasteiger partial charge is 0.357 e. The van der Waals surface area contributed by atoms with E-state index in [1.165, 1.54) is 0 Å². The van der Waals surface area contributed by atoms with Gasteiger partial charge in [0.15, 0.2) is 5.65 Å². The molecule has 0 aliphatic rings. The number of nitrogens with one attached hydrogen (secondary N) is 2. The second-order valence-electron chi connectivity index (χ2n) is 4.98. The van der Waals surface area contributed by atoms with Gasteiger partial charge in [0.2, 0.25) is 5.95 Å². The minimum Gasteiger partial charge on any atom is -0.357 e. The number of H-pyrrole nitrogens is 1. The van der Waals surface area contributed by atoms with Crippen molar-refractivity contribution in [2.24, 2.45) is 0 Å². The minimum absolute atomic E-state index is 0.0313. The maximum atomic E-state index is 4.55. The van der Waals surface area contributed by atoms with Gasteiger partial charge < -0.3 is 10.2 Å². The molecule has 0 atom stereocenters. The lowest BCUT2D eigenvalue weighted by atomic mass is 10.00. The van der Waals surface area contributed by atoms with E-state index in [1.807, 2.05) is 7.05 Å². The van der Waals surface area contributed by atoms with Crippen molar-refractivity contribution < 1.29 is 0 Å². The van der Waals surface area contributed by atoms with Crippen molar-refractivity contribution in [1.82, 2.24) is 20.2 Å². The van der Waals surface area contributed by atoms with E-state index in [4.69, 9.17) is 0 Å². The number of nitrogens with zero attached hydrogens (tertiary/aromatic N) is 4. The number of aromatic nitrogens is 4. The molecule has 2 aromatic heterocycles. The Labute approximate surface area is 107 Å². The second-order valence-corrected chi connectivity index (χ2v) is 4.98. The van der Waals surface area contributed by atoms with Gasteiger partial charge in [0, 0.05) is 19.6 Å². The van der Waals surface area contributed by atoms with Crippen molar-refractivity contribution in [2.45, 2.75) is 32.7 Å². The summed E-state index contributed by atoms with van der Waals surface area (Å²) in [5.41, 5.74) is 0.784. The molecule has 0 saturated heterocycles. The SMILES string of the molecule is CCC(C)(C)N(C)c1nc(NC)nc2[nH]ncc12. The third-order valence-electron chi connectivity index (χ3n) is 3.60. The fraction of sp³-hybridized carbons (Fsp3) is 0.583. The van der Waals surface area contributed by atoms with Crippen LogP contribution in [0, 0.1) is 0 Å². The maximum Gasteiger partial charge on any atom is 0.226 e. The molecule has 6 heteroatoms. The van der Waals surface area contributed by atoms with Crippen molar-refractivity contribution >= 4 is 22.8 Å². The number of fused-ring (bicyclic) bond motifs is 1. The van der Waals surface area contributed by atoms with E-state index < -0.39 is 0 Å². The van der Waals surface area contributed by atoms with E-state index in [2.05, 4.69) is 58.2 Å². The molecule has 18 heavy (non-hydrogen) atoms. The molecule has 2 aromatic rings. The van der Waals surface area contributed by atoms with E-state index >= 15 is 0 Å². The molecule has 0 aliphatic carbocycles. The van der Waals surface area contributed by atoms with Gasteiger partial charge in [0.1, 0.15) is 5.82 Å². The first kappa shape index (κ1) is 12.6. The molecule has 0 unspecified atom stereocenters.